The lowest BCUT2D eigenvalue weighted by Crippen LogP contribution is -2.37. The van der Waals surface area contributed by atoms with Crippen LogP contribution in [0.4, 0.5) is 0 Å². The van der Waals surface area contributed by atoms with Crippen LogP contribution in [0.1, 0.15) is 67.7 Å². The fourth-order valence-electron chi connectivity index (χ4n) is 5.21. The van der Waals surface area contributed by atoms with E-state index in [2.05, 4.69) is 75.9 Å². The number of aromatic nitrogens is 1. The third kappa shape index (κ3) is 8.17. The molecule has 2 aromatic carbocycles. The van der Waals surface area contributed by atoms with Gasteiger partial charge in [0.05, 0.1) is 6.04 Å². The summed E-state index contributed by atoms with van der Waals surface area (Å²) >= 11 is 0. The van der Waals surface area contributed by atoms with Gasteiger partial charge in [-0.15, -0.1) is 0 Å². The Morgan fingerprint density at radius 2 is 1.56 bits per heavy atom. The summed E-state index contributed by atoms with van der Waals surface area (Å²) in [7, 11) is 0. The van der Waals surface area contributed by atoms with E-state index in [0.717, 1.165) is 37.5 Å². The van der Waals surface area contributed by atoms with Crippen LogP contribution in [0.5, 0.6) is 0 Å². The standard InChI is InChI=1S/C32H39N3O/c36-31(19-18-28-13-11-22-33-26-28)34-23-10-2-1-5-12-27-20-24-35(25-21-27)32(29-14-6-3-7-15-29)30-16-8-4-9-17-30/h3-4,6-9,11,13-19,22,26-27,32H,1-2,5,10,12,20-21,23-25H2,(H,34,36)/b19-18+. The number of rotatable bonds is 12. The molecule has 0 aliphatic carbocycles. The molecular weight excluding hydrogens is 442 g/mol. The van der Waals surface area contributed by atoms with Gasteiger partial charge in [-0.25, -0.2) is 0 Å². The van der Waals surface area contributed by atoms with Crippen LogP contribution in [-0.2, 0) is 4.79 Å². The number of unbranched alkanes of at least 4 members (excludes halogenated alkanes) is 3. The van der Waals surface area contributed by atoms with E-state index < -0.39 is 0 Å². The van der Waals surface area contributed by atoms with Crippen molar-refractivity contribution in [2.45, 2.75) is 51.0 Å². The minimum atomic E-state index is -0.0325. The topological polar surface area (TPSA) is 45.2 Å². The zero-order valence-corrected chi connectivity index (χ0v) is 21.3. The molecule has 1 aliphatic heterocycles. The first-order valence-electron chi connectivity index (χ1n) is 13.5. The first-order chi connectivity index (χ1) is 17.8. The molecule has 4 nitrogen and oxygen atoms in total. The Kier molecular flexibility index (Phi) is 10.3. The molecule has 1 aliphatic rings. The van der Waals surface area contributed by atoms with Gasteiger partial charge in [-0.1, -0.05) is 92.4 Å². The molecular formula is C32H39N3O. The van der Waals surface area contributed by atoms with Crippen molar-refractivity contribution < 1.29 is 4.79 Å². The Balaban J connectivity index is 1.11. The van der Waals surface area contributed by atoms with Crippen molar-refractivity contribution in [3.63, 3.8) is 0 Å². The van der Waals surface area contributed by atoms with E-state index in [1.54, 1.807) is 24.5 Å². The number of piperidine rings is 1. The third-order valence-corrected chi connectivity index (χ3v) is 7.19. The molecule has 1 N–H and O–H groups in total. The number of amides is 1. The van der Waals surface area contributed by atoms with Crippen LogP contribution in [-0.4, -0.2) is 35.4 Å². The van der Waals surface area contributed by atoms with Gasteiger partial charge in [-0.3, -0.25) is 14.7 Å². The van der Waals surface area contributed by atoms with Crippen molar-refractivity contribution in [2.24, 2.45) is 5.92 Å². The molecule has 0 spiro atoms. The predicted octanol–water partition coefficient (Wildman–Crippen LogP) is 6.66. The number of benzene rings is 2. The number of nitrogens with one attached hydrogen (secondary N) is 1. The molecule has 3 aromatic rings. The normalized spacial score (nSPS) is 14.9. The van der Waals surface area contributed by atoms with E-state index in [4.69, 9.17) is 0 Å². The molecule has 0 atom stereocenters. The van der Waals surface area contributed by atoms with E-state index in [1.807, 2.05) is 12.1 Å². The summed E-state index contributed by atoms with van der Waals surface area (Å²) in [5.74, 6) is 0.806. The van der Waals surface area contributed by atoms with Crippen LogP contribution in [0.15, 0.2) is 91.3 Å². The van der Waals surface area contributed by atoms with Crippen molar-refractivity contribution in [3.8, 4) is 0 Å². The van der Waals surface area contributed by atoms with Gasteiger partial charge in [-0.2, -0.15) is 0 Å². The van der Waals surface area contributed by atoms with Gasteiger partial charge in [0.2, 0.25) is 5.91 Å². The Morgan fingerprint density at radius 1 is 0.889 bits per heavy atom. The van der Waals surface area contributed by atoms with E-state index in [-0.39, 0.29) is 5.91 Å². The maximum Gasteiger partial charge on any atom is 0.243 e. The highest BCUT2D eigenvalue weighted by molar-refractivity contribution is 5.91. The number of hydrogen-bond donors (Lipinski definition) is 1. The Hall–Kier alpha value is -3.24. The Labute approximate surface area is 216 Å². The summed E-state index contributed by atoms with van der Waals surface area (Å²) in [6.45, 7) is 3.07. The minimum absolute atomic E-state index is 0.0325. The number of likely N-dealkylation sites (tertiary alicyclic amines) is 1. The van der Waals surface area contributed by atoms with Crippen LogP contribution in [0.3, 0.4) is 0 Å². The van der Waals surface area contributed by atoms with Crippen molar-refractivity contribution in [3.05, 3.63) is 108 Å². The third-order valence-electron chi connectivity index (χ3n) is 7.19. The molecule has 1 fully saturated rings. The monoisotopic (exact) mass is 481 g/mol. The molecule has 0 bridgehead atoms. The lowest BCUT2D eigenvalue weighted by Gasteiger charge is -2.38. The van der Waals surface area contributed by atoms with Crippen molar-refractivity contribution >= 4 is 12.0 Å². The van der Waals surface area contributed by atoms with Gasteiger partial charge in [0.25, 0.3) is 0 Å². The fourth-order valence-corrected chi connectivity index (χ4v) is 5.21. The largest absolute Gasteiger partial charge is 0.353 e. The van der Waals surface area contributed by atoms with Crippen molar-refractivity contribution in [1.29, 1.82) is 0 Å². The van der Waals surface area contributed by atoms with E-state index in [0.29, 0.717) is 6.04 Å². The summed E-state index contributed by atoms with van der Waals surface area (Å²) in [4.78, 5) is 18.7. The second-order valence-electron chi connectivity index (χ2n) is 9.82. The van der Waals surface area contributed by atoms with Gasteiger partial charge in [0.1, 0.15) is 0 Å². The molecule has 36 heavy (non-hydrogen) atoms. The van der Waals surface area contributed by atoms with Gasteiger partial charge in [0, 0.05) is 25.0 Å². The zero-order chi connectivity index (χ0) is 24.8. The molecule has 0 radical (unpaired) electrons. The molecule has 4 heteroatoms. The van der Waals surface area contributed by atoms with Gasteiger partial charge in [-0.05, 0) is 67.1 Å². The molecule has 0 unspecified atom stereocenters. The lowest BCUT2D eigenvalue weighted by atomic mass is 9.88. The maximum atomic E-state index is 11.9. The first-order valence-corrected chi connectivity index (χ1v) is 13.5. The number of hydrogen-bond acceptors (Lipinski definition) is 3. The summed E-state index contributed by atoms with van der Waals surface area (Å²) in [5.41, 5.74) is 3.72. The highest BCUT2D eigenvalue weighted by Gasteiger charge is 2.27. The molecule has 2 heterocycles. The van der Waals surface area contributed by atoms with E-state index in [9.17, 15) is 4.79 Å². The van der Waals surface area contributed by atoms with Crippen LogP contribution in [0, 0.1) is 5.92 Å². The Morgan fingerprint density at radius 3 is 2.19 bits per heavy atom. The summed E-state index contributed by atoms with van der Waals surface area (Å²) in [6, 6.07) is 26.1. The highest BCUT2D eigenvalue weighted by Crippen LogP contribution is 2.33. The number of carbonyl (C=O) groups is 1. The minimum Gasteiger partial charge on any atom is -0.353 e. The zero-order valence-electron chi connectivity index (χ0n) is 21.3. The average Bonchev–Trinajstić information content (AvgIpc) is 2.94. The maximum absolute atomic E-state index is 11.9. The SMILES string of the molecule is O=C(/C=C/c1cccnc1)NCCCCCCC1CCN(C(c2ccccc2)c2ccccc2)CC1. The van der Waals surface area contributed by atoms with Crippen LogP contribution in [0.2, 0.25) is 0 Å². The van der Waals surface area contributed by atoms with Crippen molar-refractivity contribution in [1.82, 2.24) is 15.2 Å². The first kappa shape index (κ1) is 25.8. The van der Waals surface area contributed by atoms with E-state index in [1.165, 1.54) is 49.7 Å². The van der Waals surface area contributed by atoms with E-state index >= 15 is 0 Å². The predicted molar refractivity (Wildman–Crippen MR) is 148 cm³/mol. The molecule has 0 saturated carbocycles. The van der Waals surface area contributed by atoms with Gasteiger partial charge >= 0.3 is 0 Å². The van der Waals surface area contributed by atoms with Crippen LogP contribution < -0.4 is 5.32 Å². The molecule has 1 amide bonds. The summed E-state index contributed by atoms with van der Waals surface area (Å²) < 4.78 is 0. The average molecular weight is 482 g/mol. The quantitative estimate of drug-likeness (QED) is 0.232. The lowest BCUT2D eigenvalue weighted by molar-refractivity contribution is -0.116. The highest BCUT2D eigenvalue weighted by atomic mass is 16.1. The molecule has 188 valence electrons. The second kappa shape index (κ2) is 14.4. The summed E-state index contributed by atoms with van der Waals surface area (Å²) in [6.07, 6.45) is 15.5. The van der Waals surface area contributed by atoms with Crippen LogP contribution in [0.25, 0.3) is 6.08 Å². The fraction of sp³-hybridized carbons (Fsp3) is 0.375. The number of pyridine rings is 1. The van der Waals surface area contributed by atoms with Crippen LogP contribution >= 0.6 is 0 Å². The number of carbonyl (C=O) groups excluding carboxylic acids is 1. The summed E-state index contributed by atoms with van der Waals surface area (Å²) in [5, 5.41) is 2.98. The smallest absolute Gasteiger partial charge is 0.243 e. The molecule has 1 saturated heterocycles. The Bertz CT molecular complexity index is 1010. The molecule has 4 rings (SSSR count). The van der Waals surface area contributed by atoms with Gasteiger partial charge in [0.15, 0.2) is 0 Å². The number of nitrogens with zero attached hydrogens (tertiary/aromatic N) is 2. The van der Waals surface area contributed by atoms with Crippen molar-refractivity contribution in [2.75, 3.05) is 19.6 Å². The second-order valence-corrected chi connectivity index (χ2v) is 9.82. The molecule has 1 aromatic heterocycles. The van der Waals surface area contributed by atoms with Gasteiger partial charge < -0.3 is 5.32 Å².